The van der Waals surface area contributed by atoms with E-state index < -0.39 is 5.24 Å². The van der Waals surface area contributed by atoms with Crippen LogP contribution in [0.2, 0.25) is 0 Å². The number of hydrogen-bond donors (Lipinski definition) is 0. The SMILES string of the molecule is C=CCOc1cc(C)ccc1C(=O)Cl. The summed E-state index contributed by atoms with van der Waals surface area (Å²) in [5.74, 6) is 0.505. The molecule has 0 amide bonds. The first kappa shape index (κ1) is 10.8. The van der Waals surface area contributed by atoms with Crippen LogP contribution in [0.1, 0.15) is 15.9 Å². The predicted molar refractivity (Wildman–Crippen MR) is 57.1 cm³/mol. The third-order valence-electron chi connectivity index (χ3n) is 1.71. The van der Waals surface area contributed by atoms with Crippen molar-refractivity contribution in [2.24, 2.45) is 0 Å². The Labute approximate surface area is 88.1 Å². The molecule has 0 spiro atoms. The van der Waals surface area contributed by atoms with Crippen LogP contribution in [0.4, 0.5) is 0 Å². The summed E-state index contributed by atoms with van der Waals surface area (Å²) in [4.78, 5) is 11.0. The molecule has 0 fully saturated rings. The minimum atomic E-state index is -0.510. The second kappa shape index (κ2) is 4.82. The Morgan fingerprint density at radius 3 is 2.93 bits per heavy atom. The van der Waals surface area contributed by atoms with Gasteiger partial charge in [-0.3, -0.25) is 4.79 Å². The van der Waals surface area contributed by atoms with Crippen LogP contribution in [-0.4, -0.2) is 11.8 Å². The molecule has 0 radical (unpaired) electrons. The van der Waals surface area contributed by atoms with Crippen molar-refractivity contribution in [3.63, 3.8) is 0 Å². The number of carbonyl (C=O) groups is 1. The first-order chi connectivity index (χ1) is 6.65. The molecule has 1 aromatic carbocycles. The average molecular weight is 211 g/mol. The highest BCUT2D eigenvalue weighted by Crippen LogP contribution is 2.21. The highest BCUT2D eigenvalue weighted by Gasteiger charge is 2.09. The Bertz CT molecular complexity index is 358. The molecular weight excluding hydrogens is 200 g/mol. The number of ether oxygens (including phenoxy) is 1. The highest BCUT2D eigenvalue weighted by atomic mass is 35.5. The van der Waals surface area contributed by atoms with E-state index in [-0.39, 0.29) is 0 Å². The molecule has 1 rings (SSSR count). The molecule has 0 bridgehead atoms. The molecule has 1 aromatic rings. The van der Waals surface area contributed by atoms with Gasteiger partial charge in [0.05, 0.1) is 5.56 Å². The summed E-state index contributed by atoms with van der Waals surface area (Å²) in [7, 11) is 0. The molecule has 0 saturated heterocycles. The largest absolute Gasteiger partial charge is 0.489 e. The van der Waals surface area contributed by atoms with Gasteiger partial charge in [-0.05, 0) is 36.2 Å². The monoisotopic (exact) mass is 210 g/mol. The average Bonchev–Trinajstić information content (AvgIpc) is 2.14. The lowest BCUT2D eigenvalue weighted by Crippen LogP contribution is -2.00. The van der Waals surface area contributed by atoms with Gasteiger partial charge in [0.15, 0.2) is 0 Å². The normalized spacial score (nSPS) is 9.57. The molecule has 0 atom stereocenters. The molecule has 2 nitrogen and oxygen atoms in total. The van der Waals surface area contributed by atoms with Crippen molar-refractivity contribution in [1.82, 2.24) is 0 Å². The van der Waals surface area contributed by atoms with Crippen LogP contribution in [0.3, 0.4) is 0 Å². The maximum atomic E-state index is 11.0. The van der Waals surface area contributed by atoms with Gasteiger partial charge in [0.25, 0.3) is 5.24 Å². The van der Waals surface area contributed by atoms with Crippen LogP contribution < -0.4 is 4.74 Å². The van der Waals surface area contributed by atoms with Crippen LogP contribution in [0, 0.1) is 6.92 Å². The van der Waals surface area contributed by atoms with E-state index in [4.69, 9.17) is 16.3 Å². The number of halogens is 1. The Hall–Kier alpha value is -1.28. The molecular formula is C11H11ClO2. The van der Waals surface area contributed by atoms with Crippen molar-refractivity contribution >= 4 is 16.8 Å². The van der Waals surface area contributed by atoms with Crippen LogP contribution in [0.15, 0.2) is 30.9 Å². The lowest BCUT2D eigenvalue weighted by atomic mass is 10.1. The first-order valence-corrected chi connectivity index (χ1v) is 4.57. The third kappa shape index (κ3) is 2.60. The number of aryl methyl sites for hydroxylation is 1. The minimum Gasteiger partial charge on any atom is -0.489 e. The van der Waals surface area contributed by atoms with E-state index in [1.54, 1.807) is 18.2 Å². The summed E-state index contributed by atoms with van der Waals surface area (Å²) >= 11 is 5.39. The predicted octanol–water partition coefficient (Wildman–Crippen LogP) is 2.94. The van der Waals surface area contributed by atoms with Crippen molar-refractivity contribution in [1.29, 1.82) is 0 Å². The molecule has 74 valence electrons. The Morgan fingerprint density at radius 1 is 1.64 bits per heavy atom. The topological polar surface area (TPSA) is 26.3 Å². The fourth-order valence-electron chi connectivity index (χ4n) is 1.06. The Balaban J connectivity index is 3.02. The Kier molecular flexibility index (Phi) is 3.72. The summed E-state index contributed by atoms with van der Waals surface area (Å²) in [6, 6.07) is 5.25. The van der Waals surface area contributed by atoms with E-state index in [0.717, 1.165) is 5.56 Å². The molecule has 0 aromatic heterocycles. The summed E-state index contributed by atoms with van der Waals surface area (Å²) in [6.07, 6.45) is 1.62. The van der Waals surface area contributed by atoms with Crippen molar-refractivity contribution in [2.45, 2.75) is 6.92 Å². The van der Waals surface area contributed by atoms with Gasteiger partial charge in [-0.15, -0.1) is 0 Å². The number of hydrogen-bond acceptors (Lipinski definition) is 2. The molecule has 3 heteroatoms. The molecule has 14 heavy (non-hydrogen) atoms. The van der Waals surface area contributed by atoms with Gasteiger partial charge in [-0.2, -0.15) is 0 Å². The van der Waals surface area contributed by atoms with Crippen LogP contribution in [-0.2, 0) is 0 Å². The minimum absolute atomic E-state index is 0.362. The van der Waals surface area contributed by atoms with Gasteiger partial charge >= 0.3 is 0 Å². The summed E-state index contributed by atoms with van der Waals surface area (Å²) in [6.45, 7) is 5.81. The number of benzene rings is 1. The molecule has 0 heterocycles. The van der Waals surface area contributed by atoms with Crippen LogP contribution >= 0.6 is 11.6 Å². The maximum Gasteiger partial charge on any atom is 0.256 e. The van der Waals surface area contributed by atoms with E-state index >= 15 is 0 Å². The zero-order valence-electron chi connectivity index (χ0n) is 7.92. The van der Waals surface area contributed by atoms with Crippen LogP contribution in [0.5, 0.6) is 5.75 Å². The molecule has 0 aliphatic carbocycles. The quantitative estimate of drug-likeness (QED) is 0.564. The Morgan fingerprint density at radius 2 is 2.36 bits per heavy atom. The van der Waals surface area contributed by atoms with Crippen molar-refractivity contribution in [3.8, 4) is 5.75 Å². The first-order valence-electron chi connectivity index (χ1n) is 4.19. The van der Waals surface area contributed by atoms with E-state index in [0.29, 0.717) is 17.9 Å². The highest BCUT2D eigenvalue weighted by molar-refractivity contribution is 6.68. The molecule has 0 N–H and O–H groups in total. The van der Waals surface area contributed by atoms with Gasteiger partial charge in [0.1, 0.15) is 12.4 Å². The van der Waals surface area contributed by atoms with Crippen molar-refractivity contribution in [3.05, 3.63) is 42.0 Å². The van der Waals surface area contributed by atoms with E-state index in [2.05, 4.69) is 6.58 Å². The van der Waals surface area contributed by atoms with E-state index in [1.807, 2.05) is 13.0 Å². The second-order valence-corrected chi connectivity index (χ2v) is 3.22. The number of rotatable bonds is 4. The lowest BCUT2D eigenvalue weighted by molar-refractivity contribution is 0.107. The van der Waals surface area contributed by atoms with Gasteiger partial charge < -0.3 is 4.74 Å². The smallest absolute Gasteiger partial charge is 0.256 e. The summed E-state index contributed by atoms with van der Waals surface area (Å²) < 4.78 is 5.31. The van der Waals surface area contributed by atoms with Gasteiger partial charge in [-0.25, -0.2) is 0 Å². The van der Waals surface area contributed by atoms with Crippen LogP contribution in [0.25, 0.3) is 0 Å². The molecule has 0 unspecified atom stereocenters. The lowest BCUT2D eigenvalue weighted by Gasteiger charge is -2.07. The molecule has 0 aliphatic rings. The van der Waals surface area contributed by atoms with E-state index in [9.17, 15) is 4.79 Å². The second-order valence-electron chi connectivity index (χ2n) is 2.87. The molecule has 0 aliphatic heterocycles. The zero-order chi connectivity index (χ0) is 10.6. The number of carbonyl (C=O) groups excluding carboxylic acids is 1. The molecule has 0 saturated carbocycles. The summed E-state index contributed by atoms with van der Waals surface area (Å²) in [5, 5.41) is -0.510. The van der Waals surface area contributed by atoms with Gasteiger partial charge in [0, 0.05) is 0 Å². The van der Waals surface area contributed by atoms with Gasteiger partial charge in [-0.1, -0.05) is 18.7 Å². The van der Waals surface area contributed by atoms with Crippen molar-refractivity contribution in [2.75, 3.05) is 6.61 Å². The fourth-order valence-corrected chi connectivity index (χ4v) is 1.22. The van der Waals surface area contributed by atoms with Gasteiger partial charge in [0.2, 0.25) is 0 Å². The zero-order valence-corrected chi connectivity index (χ0v) is 8.67. The van der Waals surface area contributed by atoms with Crippen molar-refractivity contribution < 1.29 is 9.53 Å². The standard InChI is InChI=1S/C11H11ClO2/c1-3-6-14-10-7-8(2)4-5-9(10)11(12)13/h3-5,7H,1,6H2,2H3. The van der Waals surface area contributed by atoms with E-state index in [1.165, 1.54) is 0 Å². The fraction of sp³-hybridized carbons (Fsp3) is 0.182. The maximum absolute atomic E-state index is 11.0. The summed E-state index contributed by atoms with van der Waals surface area (Å²) in [5.41, 5.74) is 1.41. The third-order valence-corrected chi connectivity index (χ3v) is 1.91.